The van der Waals surface area contributed by atoms with E-state index in [1.165, 1.54) is 13.8 Å². The van der Waals surface area contributed by atoms with Crippen molar-refractivity contribution in [1.29, 1.82) is 10.5 Å². The summed E-state index contributed by atoms with van der Waals surface area (Å²) in [6, 6.07) is 16.7. The molecule has 2 rings (SSSR count). The van der Waals surface area contributed by atoms with Crippen molar-refractivity contribution >= 4 is 17.6 Å². The van der Waals surface area contributed by atoms with Crippen molar-refractivity contribution in [3.8, 4) is 17.9 Å². The van der Waals surface area contributed by atoms with E-state index in [0.717, 1.165) is 0 Å². The van der Waals surface area contributed by atoms with Crippen LogP contribution in [0.3, 0.4) is 0 Å². The zero-order chi connectivity index (χ0) is 19.8. The van der Waals surface area contributed by atoms with E-state index >= 15 is 0 Å². The quantitative estimate of drug-likeness (QED) is 0.790. The predicted octanol–water partition coefficient (Wildman–Crippen LogP) is 2.77. The molecule has 0 fully saturated rings. The minimum Gasteiger partial charge on any atom is -0.479 e. The number of benzene rings is 2. The summed E-state index contributed by atoms with van der Waals surface area (Å²) < 4.78 is 10.6. The van der Waals surface area contributed by atoms with Crippen LogP contribution in [0.2, 0.25) is 0 Å². The van der Waals surface area contributed by atoms with E-state index in [4.69, 9.17) is 20.0 Å². The van der Waals surface area contributed by atoms with Gasteiger partial charge in [-0.05, 0) is 50.2 Å². The molecule has 2 aromatic carbocycles. The monoisotopic (exact) mass is 363 g/mol. The van der Waals surface area contributed by atoms with Gasteiger partial charge in [-0.25, -0.2) is 4.79 Å². The smallest absolute Gasteiger partial charge is 0.347 e. The Morgan fingerprint density at radius 1 is 0.963 bits per heavy atom. The van der Waals surface area contributed by atoms with Crippen molar-refractivity contribution < 1.29 is 19.1 Å². The maximum atomic E-state index is 12.2. The van der Waals surface area contributed by atoms with Gasteiger partial charge in [-0.2, -0.15) is 10.5 Å². The van der Waals surface area contributed by atoms with Gasteiger partial charge in [0.15, 0.2) is 12.2 Å². The van der Waals surface area contributed by atoms with Gasteiger partial charge in [-0.1, -0.05) is 12.1 Å². The van der Waals surface area contributed by atoms with E-state index in [9.17, 15) is 9.59 Å². The molecule has 0 heterocycles. The van der Waals surface area contributed by atoms with Crippen molar-refractivity contribution in [2.75, 3.05) is 5.32 Å². The van der Waals surface area contributed by atoms with Crippen LogP contribution in [0.4, 0.5) is 5.69 Å². The molecule has 7 heteroatoms. The third-order valence-corrected chi connectivity index (χ3v) is 3.60. The fourth-order valence-electron chi connectivity index (χ4n) is 2.11. The van der Waals surface area contributed by atoms with Gasteiger partial charge in [0.1, 0.15) is 11.8 Å². The van der Waals surface area contributed by atoms with Crippen molar-refractivity contribution in [1.82, 2.24) is 0 Å². The topological polar surface area (TPSA) is 112 Å². The summed E-state index contributed by atoms with van der Waals surface area (Å²) in [6.45, 7) is 2.92. The van der Waals surface area contributed by atoms with Crippen LogP contribution in [0.25, 0.3) is 0 Å². The number of nitrogens with zero attached hydrogens (tertiary/aromatic N) is 2. The Bertz CT molecular complexity index is 910. The second-order valence-corrected chi connectivity index (χ2v) is 5.62. The average Bonchev–Trinajstić information content (AvgIpc) is 2.68. The molecular weight excluding hydrogens is 346 g/mol. The van der Waals surface area contributed by atoms with Gasteiger partial charge in [0.05, 0.1) is 22.9 Å². The van der Waals surface area contributed by atoms with E-state index in [0.29, 0.717) is 22.6 Å². The molecule has 7 nitrogen and oxygen atoms in total. The molecule has 0 aliphatic carbocycles. The molecule has 0 spiro atoms. The Kier molecular flexibility index (Phi) is 6.51. The Balaban J connectivity index is 1.92. The molecule has 0 aromatic heterocycles. The van der Waals surface area contributed by atoms with Crippen molar-refractivity contribution in [2.24, 2.45) is 0 Å². The first-order valence-electron chi connectivity index (χ1n) is 8.12. The third kappa shape index (κ3) is 5.32. The number of ether oxygens (including phenoxy) is 2. The summed E-state index contributed by atoms with van der Waals surface area (Å²) in [5.74, 6) is -0.870. The minimum absolute atomic E-state index is 0.307. The minimum atomic E-state index is -1.07. The lowest BCUT2D eigenvalue weighted by Gasteiger charge is -2.18. The number of anilines is 1. The van der Waals surface area contributed by atoms with Gasteiger partial charge in [0.25, 0.3) is 5.91 Å². The van der Waals surface area contributed by atoms with E-state index < -0.39 is 24.1 Å². The zero-order valence-corrected chi connectivity index (χ0v) is 14.8. The Labute approximate surface area is 156 Å². The first-order chi connectivity index (χ1) is 12.9. The maximum Gasteiger partial charge on any atom is 0.347 e. The molecule has 0 unspecified atom stereocenters. The Hall–Kier alpha value is -3.84. The average molecular weight is 363 g/mol. The highest BCUT2D eigenvalue weighted by atomic mass is 16.6. The second-order valence-electron chi connectivity index (χ2n) is 5.62. The van der Waals surface area contributed by atoms with Crippen LogP contribution in [-0.2, 0) is 14.3 Å². The molecule has 136 valence electrons. The number of para-hydroxylation sites is 1. The summed E-state index contributed by atoms with van der Waals surface area (Å²) in [5, 5.41) is 20.4. The number of carbonyl (C=O) groups excluding carboxylic acids is 2. The van der Waals surface area contributed by atoms with Crippen LogP contribution in [0.15, 0.2) is 48.5 Å². The SMILES string of the molecule is C[C@@H](OC(=O)[C@@H](C)Oc1ccc(C#N)cc1)C(=O)Nc1ccccc1C#N. The number of amides is 1. The van der Waals surface area contributed by atoms with Crippen LogP contribution in [0.1, 0.15) is 25.0 Å². The fraction of sp³-hybridized carbons (Fsp3) is 0.200. The summed E-state index contributed by atoms with van der Waals surface area (Å²) in [5.41, 5.74) is 1.12. The lowest BCUT2D eigenvalue weighted by molar-refractivity contribution is -0.159. The van der Waals surface area contributed by atoms with Gasteiger partial charge in [0, 0.05) is 0 Å². The number of nitriles is 2. The van der Waals surface area contributed by atoms with Crippen molar-refractivity contribution in [3.63, 3.8) is 0 Å². The molecule has 27 heavy (non-hydrogen) atoms. The molecule has 1 amide bonds. The molecule has 0 aliphatic heterocycles. The fourth-order valence-corrected chi connectivity index (χ4v) is 2.11. The third-order valence-electron chi connectivity index (χ3n) is 3.60. The lowest BCUT2D eigenvalue weighted by Crippen LogP contribution is -2.35. The highest BCUT2D eigenvalue weighted by molar-refractivity contribution is 5.96. The summed E-state index contributed by atoms with van der Waals surface area (Å²) in [4.78, 5) is 24.3. The number of esters is 1. The number of hydrogen-bond donors (Lipinski definition) is 1. The second kappa shape index (κ2) is 9.02. The molecule has 1 N–H and O–H groups in total. The predicted molar refractivity (Wildman–Crippen MR) is 96.6 cm³/mol. The van der Waals surface area contributed by atoms with E-state index in [1.54, 1.807) is 48.5 Å². The summed E-state index contributed by atoms with van der Waals surface area (Å²) in [7, 11) is 0. The van der Waals surface area contributed by atoms with E-state index in [-0.39, 0.29) is 0 Å². The molecule has 0 saturated heterocycles. The molecule has 0 saturated carbocycles. The normalized spacial score (nSPS) is 12.0. The number of hydrogen-bond acceptors (Lipinski definition) is 6. The molecule has 0 bridgehead atoms. The zero-order valence-electron chi connectivity index (χ0n) is 14.8. The van der Waals surface area contributed by atoms with Gasteiger partial charge < -0.3 is 14.8 Å². The number of rotatable bonds is 6. The molecule has 2 aromatic rings. The van der Waals surface area contributed by atoms with Gasteiger partial charge in [-0.3, -0.25) is 4.79 Å². The highest BCUT2D eigenvalue weighted by Gasteiger charge is 2.23. The van der Waals surface area contributed by atoms with Crippen LogP contribution in [0, 0.1) is 22.7 Å². The summed E-state index contributed by atoms with van der Waals surface area (Å²) >= 11 is 0. The van der Waals surface area contributed by atoms with Crippen molar-refractivity contribution in [3.05, 3.63) is 59.7 Å². The van der Waals surface area contributed by atoms with Crippen LogP contribution in [0.5, 0.6) is 5.75 Å². The van der Waals surface area contributed by atoms with E-state index in [2.05, 4.69) is 5.32 Å². The maximum absolute atomic E-state index is 12.2. The highest BCUT2D eigenvalue weighted by Crippen LogP contribution is 2.16. The molecule has 0 radical (unpaired) electrons. The van der Waals surface area contributed by atoms with Crippen LogP contribution in [-0.4, -0.2) is 24.1 Å². The Morgan fingerprint density at radius 3 is 2.26 bits per heavy atom. The first kappa shape index (κ1) is 19.5. The van der Waals surface area contributed by atoms with Gasteiger partial charge in [-0.15, -0.1) is 0 Å². The molecular formula is C20H17N3O4. The van der Waals surface area contributed by atoms with Gasteiger partial charge >= 0.3 is 5.97 Å². The lowest BCUT2D eigenvalue weighted by atomic mass is 10.2. The number of nitrogens with one attached hydrogen (secondary N) is 1. The largest absolute Gasteiger partial charge is 0.479 e. The molecule has 2 atom stereocenters. The summed E-state index contributed by atoms with van der Waals surface area (Å²) in [6.07, 6.45) is -2.02. The first-order valence-corrected chi connectivity index (χ1v) is 8.12. The van der Waals surface area contributed by atoms with Crippen LogP contribution >= 0.6 is 0 Å². The van der Waals surface area contributed by atoms with Gasteiger partial charge in [0.2, 0.25) is 0 Å². The van der Waals surface area contributed by atoms with Crippen LogP contribution < -0.4 is 10.1 Å². The Morgan fingerprint density at radius 2 is 1.63 bits per heavy atom. The standard InChI is InChI=1S/C20H17N3O4/c1-13(19(24)23-18-6-4-3-5-16(18)12-22)27-20(25)14(2)26-17-9-7-15(11-21)8-10-17/h3-10,13-14H,1-2H3,(H,23,24)/t13-,14-/m1/s1. The number of carbonyl (C=O) groups is 2. The molecule has 0 aliphatic rings. The van der Waals surface area contributed by atoms with Crippen molar-refractivity contribution in [2.45, 2.75) is 26.1 Å². The van der Waals surface area contributed by atoms with E-state index in [1.807, 2.05) is 12.1 Å².